The zero-order valence-electron chi connectivity index (χ0n) is 8.94. The summed E-state index contributed by atoms with van der Waals surface area (Å²) in [5, 5.41) is 0.774. The highest BCUT2D eigenvalue weighted by molar-refractivity contribution is 8.15. The van der Waals surface area contributed by atoms with Crippen LogP contribution >= 0.6 is 22.0 Å². The highest BCUT2D eigenvalue weighted by atomic mass is 35.7. The van der Waals surface area contributed by atoms with E-state index in [0.29, 0.717) is 5.69 Å². The van der Waals surface area contributed by atoms with E-state index in [4.69, 9.17) is 10.7 Å². The third-order valence-electron chi connectivity index (χ3n) is 2.59. The van der Waals surface area contributed by atoms with Gasteiger partial charge in [-0.25, -0.2) is 13.4 Å². The Kier molecular flexibility index (Phi) is 3.42. The predicted molar refractivity (Wildman–Crippen MR) is 66.0 cm³/mol. The number of piperidine rings is 1. The molecule has 0 atom stereocenters. The van der Waals surface area contributed by atoms with E-state index < -0.39 is 9.05 Å². The molecule has 90 valence electrons. The Bertz CT molecular complexity index is 478. The number of halogens is 1. The lowest BCUT2D eigenvalue weighted by atomic mass is 10.1. The summed E-state index contributed by atoms with van der Waals surface area (Å²) in [5.41, 5.74) is 0.501. The average Bonchev–Trinajstić information content (AvgIpc) is 2.61. The van der Waals surface area contributed by atoms with Gasteiger partial charge in [0, 0.05) is 23.8 Å². The van der Waals surface area contributed by atoms with Crippen molar-refractivity contribution in [1.29, 1.82) is 0 Å². The minimum atomic E-state index is -3.65. The Hall–Kier alpha value is -0.330. The number of thiazole rings is 1. The summed E-state index contributed by atoms with van der Waals surface area (Å²) in [6, 6.07) is 0. The van der Waals surface area contributed by atoms with E-state index in [-0.39, 0.29) is 4.21 Å². The smallest absolute Gasteiger partial charge is 0.272 e. The molecule has 1 fully saturated rings. The Balaban J connectivity index is 2.30. The molecular weight excluding hydrogens is 268 g/mol. The van der Waals surface area contributed by atoms with Gasteiger partial charge in [0.15, 0.2) is 9.34 Å². The number of hydrogen-bond donors (Lipinski definition) is 0. The van der Waals surface area contributed by atoms with Gasteiger partial charge < -0.3 is 4.90 Å². The molecule has 0 unspecified atom stereocenters. The maximum atomic E-state index is 11.3. The molecule has 2 rings (SSSR count). The molecule has 16 heavy (non-hydrogen) atoms. The maximum absolute atomic E-state index is 11.3. The Morgan fingerprint density at radius 2 is 1.94 bits per heavy atom. The van der Waals surface area contributed by atoms with Gasteiger partial charge >= 0.3 is 0 Å². The Labute approximate surface area is 104 Å². The molecule has 0 aliphatic carbocycles. The number of rotatable bonds is 2. The molecule has 0 N–H and O–H groups in total. The molecule has 1 saturated heterocycles. The largest absolute Gasteiger partial charge is 0.348 e. The van der Waals surface area contributed by atoms with Gasteiger partial charge in [0.25, 0.3) is 9.05 Å². The van der Waals surface area contributed by atoms with Gasteiger partial charge in [-0.05, 0) is 26.2 Å². The summed E-state index contributed by atoms with van der Waals surface area (Å²) in [5.74, 6) is 0. The Morgan fingerprint density at radius 1 is 1.31 bits per heavy atom. The van der Waals surface area contributed by atoms with Gasteiger partial charge in [0.2, 0.25) is 0 Å². The lowest BCUT2D eigenvalue weighted by Crippen LogP contribution is -2.29. The lowest BCUT2D eigenvalue weighted by Gasteiger charge is -2.25. The van der Waals surface area contributed by atoms with E-state index in [0.717, 1.165) is 31.1 Å². The second-order valence-electron chi connectivity index (χ2n) is 3.85. The fraction of sp³-hybridized carbons (Fsp3) is 0.667. The molecule has 0 radical (unpaired) electrons. The van der Waals surface area contributed by atoms with Gasteiger partial charge in [-0.2, -0.15) is 0 Å². The third kappa shape index (κ3) is 2.49. The van der Waals surface area contributed by atoms with E-state index in [9.17, 15) is 8.42 Å². The monoisotopic (exact) mass is 280 g/mol. The fourth-order valence-electron chi connectivity index (χ4n) is 1.82. The number of aryl methyl sites for hydroxylation is 1. The minimum absolute atomic E-state index is 0.176. The summed E-state index contributed by atoms with van der Waals surface area (Å²) in [6.07, 6.45) is 3.52. The van der Waals surface area contributed by atoms with Crippen molar-refractivity contribution < 1.29 is 8.42 Å². The molecule has 0 aromatic carbocycles. The zero-order valence-corrected chi connectivity index (χ0v) is 11.3. The van der Waals surface area contributed by atoms with Crippen LogP contribution < -0.4 is 4.90 Å². The van der Waals surface area contributed by atoms with Crippen LogP contribution in [-0.2, 0) is 9.05 Å². The van der Waals surface area contributed by atoms with Crippen molar-refractivity contribution >= 4 is 36.2 Å². The van der Waals surface area contributed by atoms with Gasteiger partial charge in [-0.3, -0.25) is 0 Å². The van der Waals surface area contributed by atoms with E-state index >= 15 is 0 Å². The maximum Gasteiger partial charge on any atom is 0.272 e. The fourth-order valence-corrected chi connectivity index (χ4v) is 4.31. The number of anilines is 1. The number of hydrogen-bond acceptors (Lipinski definition) is 5. The molecule has 0 spiro atoms. The third-order valence-corrected chi connectivity index (χ3v) is 5.99. The first kappa shape index (κ1) is 12.1. The van der Waals surface area contributed by atoms with Crippen LogP contribution in [-0.4, -0.2) is 26.5 Å². The van der Waals surface area contributed by atoms with Crippen LogP contribution in [0, 0.1) is 6.92 Å². The topological polar surface area (TPSA) is 50.3 Å². The van der Waals surface area contributed by atoms with E-state index in [1.54, 1.807) is 6.92 Å². The standard InChI is InChI=1S/C9H13ClN2O2S2/c1-7-8(16(10,13)14)15-9(11-7)12-5-3-2-4-6-12/h2-6H2,1H3. The van der Waals surface area contributed by atoms with Gasteiger partial charge in [0.05, 0.1) is 5.69 Å². The summed E-state index contributed by atoms with van der Waals surface area (Å²) in [6.45, 7) is 3.59. The molecule has 1 aromatic heterocycles. The summed E-state index contributed by atoms with van der Waals surface area (Å²) < 4.78 is 22.7. The van der Waals surface area contributed by atoms with Crippen molar-refractivity contribution in [1.82, 2.24) is 4.98 Å². The summed E-state index contributed by atoms with van der Waals surface area (Å²) in [7, 11) is 1.69. The van der Waals surface area contributed by atoms with E-state index in [2.05, 4.69) is 9.88 Å². The zero-order chi connectivity index (χ0) is 11.8. The average molecular weight is 281 g/mol. The molecular formula is C9H13ClN2O2S2. The normalized spacial score (nSPS) is 17.8. The summed E-state index contributed by atoms with van der Waals surface area (Å²) >= 11 is 1.17. The molecule has 4 nitrogen and oxygen atoms in total. The second kappa shape index (κ2) is 4.50. The van der Waals surface area contributed by atoms with Crippen LogP contribution in [0.4, 0.5) is 5.13 Å². The predicted octanol–water partition coefficient (Wildman–Crippen LogP) is 2.37. The van der Waals surface area contributed by atoms with Crippen LogP contribution in [0.5, 0.6) is 0 Å². The second-order valence-corrected chi connectivity index (χ2v) is 7.59. The van der Waals surface area contributed by atoms with E-state index in [1.165, 1.54) is 17.8 Å². The van der Waals surface area contributed by atoms with Crippen molar-refractivity contribution in [3.8, 4) is 0 Å². The first-order valence-corrected chi connectivity index (χ1v) is 8.28. The molecule has 1 aromatic rings. The van der Waals surface area contributed by atoms with Gasteiger partial charge in [0.1, 0.15) is 0 Å². The van der Waals surface area contributed by atoms with Crippen molar-refractivity contribution in [3.05, 3.63) is 5.69 Å². The quantitative estimate of drug-likeness (QED) is 0.781. The number of aromatic nitrogens is 1. The van der Waals surface area contributed by atoms with Crippen LogP contribution in [0.1, 0.15) is 25.0 Å². The van der Waals surface area contributed by atoms with Crippen LogP contribution in [0.25, 0.3) is 0 Å². The first-order valence-electron chi connectivity index (χ1n) is 5.15. The molecule has 7 heteroatoms. The van der Waals surface area contributed by atoms with Crippen molar-refractivity contribution in [2.75, 3.05) is 18.0 Å². The summed E-state index contributed by atoms with van der Waals surface area (Å²) in [4.78, 5) is 6.41. The number of nitrogens with zero attached hydrogens (tertiary/aromatic N) is 2. The van der Waals surface area contributed by atoms with Crippen molar-refractivity contribution in [2.45, 2.75) is 30.4 Å². The van der Waals surface area contributed by atoms with E-state index in [1.807, 2.05) is 0 Å². The molecule has 0 amide bonds. The van der Waals surface area contributed by atoms with Crippen LogP contribution in [0.3, 0.4) is 0 Å². The minimum Gasteiger partial charge on any atom is -0.348 e. The molecule has 1 aliphatic rings. The SMILES string of the molecule is Cc1nc(N2CCCCC2)sc1S(=O)(=O)Cl. The van der Waals surface area contributed by atoms with Gasteiger partial charge in [-0.1, -0.05) is 11.3 Å². The highest BCUT2D eigenvalue weighted by Crippen LogP contribution is 2.33. The van der Waals surface area contributed by atoms with Crippen LogP contribution in [0.15, 0.2) is 4.21 Å². The van der Waals surface area contributed by atoms with Gasteiger partial charge in [-0.15, -0.1) is 0 Å². The highest BCUT2D eigenvalue weighted by Gasteiger charge is 2.22. The first-order chi connectivity index (χ1) is 7.48. The van der Waals surface area contributed by atoms with Crippen molar-refractivity contribution in [3.63, 3.8) is 0 Å². The molecule has 0 saturated carbocycles. The molecule has 1 aliphatic heterocycles. The van der Waals surface area contributed by atoms with Crippen LogP contribution in [0.2, 0.25) is 0 Å². The lowest BCUT2D eigenvalue weighted by molar-refractivity contribution is 0.576. The molecule has 2 heterocycles. The molecule has 0 bridgehead atoms. The Morgan fingerprint density at radius 3 is 2.44 bits per heavy atom. The van der Waals surface area contributed by atoms with Crippen molar-refractivity contribution in [2.24, 2.45) is 0 Å².